The fourth-order valence-electron chi connectivity index (χ4n) is 0.369. The third kappa shape index (κ3) is 4.98. The molecular formula is C7H11NO2. The number of alkyl carbamates (subject to hydrolysis) is 1. The Hall–Kier alpha value is -1.17. The van der Waals surface area contributed by atoms with Crippen LogP contribution in [0.2, 0.25) is 0 Å². The van der Waals surface area contributed by atoms with E-state index in [-0.39, 0.29) is 6.54 Å². The Morgan fingerprint density at radius 3 is 3.00 bits per heavy atom. The molecule has 0 aliphatic carbocycles. The number of nitrogens with one attached hydrogen (secondary N) is 1. The predicted octanol–water partition coefficient (Wildman–Crippen LogP) is 0.756. The molecule has 0 aromatic heterocycles. The fraction of sp³-hybridized carbons (Fsp3) is 0.571. The summed E-state index contributed by atoms with van der Waals surface area (Å²) in [4.78, 5) is 10.5. The van der Waals surface area contributed by atoms with E-state index in [1.54, 1.807) is 0 Å². The molecule has 56 valence electrons. The lowest BCUT2D eigenvalue weighted by Gasteiger charge is -2.01. The summed E-state index contributed by atoms with van der Waals surface area (Å²) in [6.07, 6.45) is 5.26. The van der Waals surface area contributed by atoms with Crippen molar-refractivity contribution < 1.29 is 9.53 Å². The average Bonchev–Trinajstić information content (AvgIpc) is 1.97. The molecule has 0 unspecified atom stereocenters. The van der Waals surface area contributed by atoms with Crippen LogP contribution in [0.3, 0.4) is 0 Å². The van der Waals surface area contributed by atoms with Crippen molar-refractivity contribution in [1.29, 1.82) is 0 Å². The number of hydrogen-bond donors (Lipinski definition) is 1. The van der Waals surface area contributed by atoms with Crippen molar-refractivity contribution in [3.8, 4) is 12.3 Å². The molecule has 0 aliphatic heterocycles. The number of carbonyl (C=O) groups excluding carboxylic acids is 1. The Balaban J connectivity index is 3.19. The van der Waals surface area contributed by atoms with Crippen LogP contribution in [0.15, 0.2) is 0 Å². The van der Waals surface area contributed by atoms with E-state index in [0.717, 1.165) is 6.42 Å². The van der Waals surface area contributed by atoms with Crippen LogP contribution in [0.1, 0.15) is 13.3 Å². The van der Waals surface area contributed by atoms with Crippen molar-refractivity contribution in [3.05, 3.63) is 0 Å². The number of terminal acetylenes is 1. The lowest BCUT2D eigenvalue weighted by atomic mass is 10.5. The molecule has 0 atom stereocenters. The molecule has 10 heavy (non-hydrogen) atoms. The third-order valence-corrected chi connectivity index (χ3v) is 0.772. The van der Waals surface area contributed by atoms with Gasteiger partial charge in [-0.25, -0.2) is 4.79 Å². The van der Waals surface area contributed by atoms with Gasteiger partial charge in [-0.2, -0.15) is 0 Å². The lowest BCUT2D eigenvalue weighted by molar-refractivity contribution is 0.147. The SMILES string of the molecule is C#CCNC(=O)OCCC. The highest BCUT2D eigenvalue weighted by Crippen LogP contribution is 1.80. The van der Waals surface area contributed by atoms with Crippen LogP contribution in [-0.4, -0.2) is 19.2 Å². The summed E-state index contributed by atoms with van der Waals surface area (Å²) in [7, 11) is 0. The van der Waals surface area contributed by atoms with Gasteiger partial charge in [0.1, 0.15) is 0 Å². The van der Waals surface area contributed by atoms with Crippen molar-refractivity contribution in [3.63, 3.8) is 0 Å². The highest BCUT2D eigenvalue weighted by Gasteiger charge is 1.95. The van der Waals surface area contributed by atoms with Gasteiger partial charge in [-0.1, -0.05) is 12.8 Å². The minimum atomic E-state index is -0.445. The molecule has 3 heteroatoms. The summed E-state index contributed by atoms with van der Waals surface area (Å²) >= 11 is 0. The number of rotatable bonds is 3. The van der Waals surface area contributed by atoms with E-state index in [2.05, 4.69) is 16.0 Å². The van der Waals surface area contributed by atoms with Crippen molar-refractivity contribution in [2.45, 2.75) is 13.3 Å². The molecule has 3 nitrogen and oxygen atoms in total. The largest absolute Gasteiger partial charge is 0.450 e. The molecule has 0 bridgehead atoms. The minimum Gasteiger partial charge on any atom is -0.450 e. The molecular weight excluding hydrogens is 130 g/mol. The second-order valence-corrected chi connectivity index (χ2v) is 1.69. The second kappa shape index (κ2) is 5.96. The summed E-state index contributed by atoms with van der Waals surface area (Å²) in [6.45, 7) is 2.59. The Labute approximate surface area is 60.8 Å². The fourth-order valence-corrected chi connectivity index (χ4v) is 0.369. The molecule has 0 fully saturated rings. The number of ether oxygens (including phenoxy) is 1. The molecule has 0 radical (unpaired) electrons. The van der Waals surface area contributed by atoms with Crippen molar-refractivity contribution in [1.82, 2.24) is 5.32 Å². The average molecular weight is 141 g/mol. The molecule has 0 spiro atoms. The summed E-state index contributed by atoms with van der Waals surface area (Å²) in [5.41, 5.74) is 0. The van der Waals surface area contributed by atoms with Gasteiger partial charge in [-0.3, -0.25) is 0 Å². The zero-order chi connectivity index (χ0) is 7.82. The van der Waals surface area contributed by atoms with E-state index in [1.807, 2.05) is 6.92 Å². The Morgan fingerprint density at radius 2 is 2.50 bits per heavy atom. The van der Waals surface area contributed by atoms with Gasteiger partial charge in [0.15, 0.2) is 0 Å². The molecule has 0 saturated carbocycles. The van der Waals surface area contributed by atoms with E-state index < -0.39 is 6.09 Å². The molecule has 0 rings (SSSR count). The zero-order valence-corrected chi connectivity index (χ0v) is 6.02. The molecule has 0 aliphatic rings. The van der Waals surface area contributed by atoms with E-state index in [0.29, 0.717) is 6.61 Å². The first-order chi connectivity index (χ1) is 4.81. The van der Waals surface area contributed by atoms with Crippen molar-refractivity contribution >= 4 is 6.09 Å². The monoisotopic (exact) mass is 141 g/mol. The third-order valence-electron chi connectivity index (χ3n) is 0.772. The normalized spacial score (nSPS) is 8.00. The topological polar surface area (TPSA) is 38.3 Å². The highest BCUT2D eigenvalue weighted by atomic mass is 16.5. The van der Waals surface area contributed by atoms with Crippen molar-refractivity contribution in [2.75, 3.05) is 13.2 Å². The maximum atomic E-state index is 10.5. The van der Waals surface area contributed by atoms with E-state index in [4.69, 9.17) is 6.42 Å². The van der Waals surface area contributed by atoms with Gasteiger partial charge in [0.25, 0.3) is 0 Å². The first kappa shape index (κ1) is 8.83. The van der Waals surface area contributed by atoms with Gasteiger partial charge < -0.3 is 10.1 Å². The van der Waals surface area contributed by atoms with E-state index in [1.165, 1.54) is 0 Å². The van der Waals surface area contributed by atoms with Crippen molar-refractivity contribution in [2.24, 2.45) is 0 Å². The summed E-state index contributed by atoms with van der Waals surface area (Å²) in [5.74, 6) is 2.26. The van der Waals surface area contributed by atoms with Gasteiger partial charge in [0, 0.05) is 0 Å². The highest BCUT2D eigenvalue weighted by molar-refractivity contribution is 5.67. The second-order valence-electron chi connectivity index (χ2n) is 1.69. The summed E-state index contributed by atoms with van der Waals surface area (Å²) in [6, 6.07) is 0. The molecule has 1 amide bonds. The van der Waals surface area contributed by atoms with Gasteiger partial charge >= 0.3 is 6.09 Å². The molecule has 0 saturated heterocycles. The van der Waals surface area contributed by atoms with Crippen LogP contribution in [0.5, 0.6) is 0 Å². The van der Waals surface area contributed by atoms with E-state index >= 15 is 0 Å². The standard InChI is InChI=1S/C7H11NO2/c1-3-5-8-7(9)10-6-4-2/h1H,4-6H2,2H3,(H,8,9). The maximum absolute atomic E-state index is 10.5. The van der Waals surface area contributed by atoms with Gasteiger partial charge in [0.2, 0.25) is 0 Å². The zero-order valence-electron chi connectivity index (χ0n) is 6.02. The molecule has 1 N–H and O–H groups in total. The number of hydrogen-bond acceptors (Lipinski definition) is 2. The summed E-state index contributed by atoms with van der Waals surface area (Å²) < 4.78 is 4.65. The van der Waals surface area contributed by atoms with Crippen LogP contribution < -0.4 is 5.32 Å². The van der Waals surface area contributed by atoms with Gasteiger partial charge in [0.05, 0.1) is 13.2 Å². The van der Waals surface area contributed by atoms with Crippen LogP contribution in [0.4, 0.5) is 4.79 Å². The Morgan fingerprint density at radius 1 is 1.80 bits per heavy atom. The first-order valence-corrected chi connectivity index (χ1v) is 3.15. The number of amides is 1. The smallest absolute Gasteiger partial charge is 0.407 e. The minimum absolute atomic E-state index is 0.225. The Kier molecular flexibility index (Phi) is 5.26. The summed E-state index contributed by atoms with van der Waals surface area (Å²) in [5, 5.41) is 2.37. The molecule has 0 aromatic rings. The van der Waals surface area contributed by atoms with Gasteiger partial charge in [-0.15, -0.1) is 6.42 Å². The van der Waals surface area contributed by atoms with Crippen LogP contribution in [0.25, 0.3) is 0 Å². The van der Waals surface area contributed by atoms with Crippen LogP contribution >= 0.6 is 0 Å². The van der Waals surface area contributed by atoms with Gasteiger partial charge in [-0.05, 0) is 6.42 Å². The van der Waals surface area contributed by atoms with Crippen LogP contribution in [-0.2, 0) is 4.74 Å². The van der Waals surface area contributed by atoms with Crippen LogP contribution in [0, 0.1) is 12.3 Å². The van der Waals surface area contributed by atoms with E-state index in [9.17, 15) is 4.79 Å². The molecule has 0 heterocycles. The number of carbonyl (C=O) groups is 1. The molecule has 0 aromatic carbocycles. The quantitative estimate of drug-likeness (QED) is 0.589. The first-order valence-electron chi connectivity index (χ1n) is 3.15. The predicted molar refractivity (Wildman–Crippen MR) is 38.5 cm³/mol. The Bertz CT molecular complexity index is 137. The lowest BCUT2D eigenvalue weighted by Crippen LogP contribution is -2.24. The maximum Gasteiger partial charge on any atom is 0.407 e.